The molecule has 0 aromatic heterocycles. The summed E-state index contributed by atoms with van der Waals surface area (Å²) in [4.78, 5) is 12.6. The van der Waals surface area contributed by atoms with Gasteiger partial charge in [-0.15, -0.1) is 0 Å². The lowest BCUT2D eigenvalue weighted by molar-refractivity contribution is 0.0477. The molecule has 2 aromatic carbocycles. The van der Waals surface area contributed by atoms with Crippen molar-refractivity contribution in [1.82, 2.24) is 5.32 Å². The fourth-order valence-corrected chi connectivity index (χ4v) is 2.79. The molecule has 0 heterocycles. The summed E-state index contributed by atoms with van der Waals surface area (Å²) in [5, 5.41) is 13.4. The third-order valence-corrected chi connectivity index (χ3v) is 4.37. The van der Waals surface area contributed by atoms with Crippen molar-refractivity contribution in [1.29, 1.82) is 0 Å². The van der Waals surface area contributed by atoms with Crippen molar-refractivity contribution < 1.29 is 24.1 Å². The van der Waals surface area contributed by atoms with E-state index in [1.807, 2.05) is 30.3 Å². The molecule has 2 rings (SSSR count). The second kappa shape index (κ2) is 9.28. The highest BCUT2D eigenvalue weighted by Gasteiger charge is 2.24. The first-order valence-corrected chi connectivity index (χ1v) is 8.75. The van der Waals surface area contributed by atoms with E-state index in [1.54, 1.807) is 19.1 Å². The highest BCUT2D eigenvalue weighted by molar-refractivity contribution is 5.98. The van der Waals surface area contributed by atoms with Crippen molar-refractivity contribution in [2.45, 2.75) is 25.4 Å². The highest BCUT2D eigenvalue weighted by atomic mass is 16.5. The maximum Gasteiger partial charge on any atom is 0.255 e. The van der Waals surface area contributed by atoms with Crippen molar-refractivity contribution in [2.24, 2.45) is 0 Å². The predicted molar refractivity (Wildman–Crippen MR) is 104 cm³/mol. The van der Waals surface area contributed by atoms with Crippen LogP contribution in [0.1, 0.15) is 29.3 Å². The molecule has 1 amide bonds. The van der Waals surface area contributed by atoms with Crippen LogP contribution >= 0.6 is 0 Å². The summed E-state index contributed by atoms with van der Waals surface area (Å²) < 4.78 is 15.9. The minimum Gasteiger partial charge on any atom is -0.493 e. The largest absolute Gasteiger partial charge is 0.493 e. The van der Waals surface area contributed by atoms with Gasteiger partial charge >= 0.3 is 0 Å². The summed E-state index contributed by atoms with van der Waals surface area (Å²) in [5.74, 6) is 0.760. The van der Waals surface area contributed by atoms with Gasteiger partial charge in [-0.1, -0.05) is 30.3 Å². The van der Waals surface area contributed by atoms with Gasteiger partial charge in [-0.3, -0.25) is 4.79 Å². The van der Waals surface area contributed by atoms with Crippen molar-refractivity contribution in [3.63, 3.8) is 0 Å². The number of aliphatic hydroxyl groups is 1. The van der Waals surface area contributed by atoms with E-state index in [-0.39, 0.29) is 12.5 Å². The van der Waals surface area contributed by atoms with Crippen molar-refractivity contribution in [3.05, 3.63) is 53.6 Å². The Kier molecular flexibility index (Phi) is 7.07. The van der Waals surface area contributed by atoms with E-state index in [2.05, 4.69) is 5.32 Å². The Morgan fingerprint density at radius 1 is 1.00 bits per heavy atom. The van der Waals surface area contributed by atoms with Crippen LogP contribution in [0.3, 0.4) is 0 Å². The quantitative estimate of drug-likeness (QED) is 0.707. The third kappa shape index (κ3) is 5.37. The second-order valence-electron chi connectivity index (χ2n) is 6.55. The molecule has 0 saturated carbocycles. The van der Waals surface area contributed by atoms with E-state index in [4.69, 9.17) is 14.2 Å². The zero-order valence-corrected chi connectivity index (χ0v) is 16.2. The molecular formula is C21H27NO5. The number of amides is 1. The normalized spacial score (nSPS) is 12.8. The van der Waals surface area contributed by atoms with Crippen LogP contribution in [-0.2, 0) is 6.42 Å². The number of methoxy groups -OCH3 is 3. The van der Waals surface area contributed by atoms with E-state index in [9.17, 15) is 9.90 Å². The summed E-state index contributed by atoms with van der Waals surface area (Å²) in [6, 6.07) is 13.2. The molecule has 1 atom stereocenters. The molecule has 0 saturated heterocycles. The predicted octanol–water partition coefficient (Wildman–Crippen LogP) is 2.83. The zero-order chi connectivity index (χ0) is 19.9. The van der Waals surface area contributed by atoms with Gasteiger partial charge in [0.1, 0.15) is 0 Å². The van der Waals surface area contributed by atoms with Crippen LogP contribution in [0.2, 0.25) is 0 Å². The van der Waals surface area contributed by atoms with Crippen molar-refractivity contribution in [2.75, 3.05) is 27.9 Å². The van der Waals surface area contributed by atoms with Crippen LogP contribution in [0, 0.1) is 0 Å². The van der Waals surface area contributed by atoms with Gasteiger partial charge < -0.3 is 24.6 Å². The average molecular weight is 373 g/mol. The van der Waals surface area contributed by atoms with Gasteiger partial charge in [0.15, 0.2) is 11.5 Å². The lowest BCUT2D eigenvalue weighted by atomic mass is 9.96. The SMILES string of the molecule is COc1ccc(C(=O)NCC(C)(O)CCc2ccccc2)c(OC)c1OC. The number of carbonyl (C=O) groups excluding carboxylic acids is 1. The Labute approximate surface area is 160 Å². The topological polar surface area (TPSA) is 77.0 Å². The van der Waals surface area contributed by atoms with Gasteiger partial charge in [0, 0.05) is 6.54 Å². The Bertz CT molecular complexity index is 759. The second-order valence-corrected chi connectivity index (χ2v) is 6.55. The molecule has 0 aliphatic rings. The van der Waals surface area contributed by atoms with Crippen LogP contribution in [0.15, 0.2) is 42.5 Å². The van der Waals surface area contributed by atoms with Crippen molar-refractivity contribution in [3.8, 4) is 17.2 Å². The lowest BCUT2D eigenvalue weighted by Crippen LogP contribution is -2.41. The summed E-state index contributed by atoms with van der Waals surface area (Å²) in [6.45, 7) is 1.83. The van der Waals surface area contributed by atoms with E-state index >= 15 is 0 Å². The van der Waals surface area contributed by atoms with Crippen LogP contribution in [0.25, 0.3) is 0 Å². The van der Waals surface area contributed by atoms with Gasteiger partial charge in [-0.25, -0.2) is 0 Å². The number of hydrogen-bond donors (Lipinski definition) is 2. The Hall–Kier alpha value is -2.73. The number of benzene rings is 2. The number of rotatable bonds is 9. The maximum atomic E-state index is 12.6. The number of carbonyl (C=O) groups is 1. The summed E-state index contributed by atoms with van der Waals surface area (Å²) in [5.41, 5.74) is 0.426. The first kappa shape index (κ1) is 20.6. The minimum atomic E-state index is -1.03. The monoisotopic (exact) mass is 373 g/mol. The number of ether oxygens (including phenoxy) is 3. The van der Waals surface area contributed by atoms with Gasteiger partial charge in [-0.2, -0.15) is 0 Å². The first-order valence-electron chi connectivity index (χ1n) is 8.75. The smallest absolute Gasteiger partial charge is 0.255 e. The van der Waals surface area contributed by atoms with Crippen molar-refractivity contribution >= 4 is 5.91 Å². The molecule has 0 aliphatic carbocycles. The molecular weight excluding hydrogens is 346 g/mol. The molecule has 2 aromatic rings. The Morgan fingerprint density at radius 2 is 1.67 bits per heavy atom. The Morgan fingerprint density at radius 3 is 2.26 bits per heavy atom. The van der Waals surface area contributed by atoms with Crippen LogP contribution in [0.4, 0.5) is 0 Å². The molecule has 0 spiro atoms. The summed E-state index contributed by atoms with van der Waals surface area (Å²) in [7, 11) is 4.46. The molecule has 1 unspecified atom stereocenters. The number of hydrogen-bond acceptors (Lipinski definition) is 5. The van der Waals surface area contributed by atoms with E-state index < -0.39 is 5.60 Å². The Balaban J connectivity index is 2.04. The number of nitrogens with one attached hydrogen (secondary N) is 1. The molecule has 0 bridgehead atoms. The summed E-state index contributed by atoms with van der Waals surface area (Å²) in [6.07, 6.45) is 1.25. The number of aryl methyl sites for hydroxylation is 1. The van der Waals surface area contributed by atoms with E-state index in [0.29, 0.717) is 29.2 Å². The standard InChI is InChI=1S/C21H27NO5/c1-21(24,13-12-15-8-6-5-7-9-15)14-22-20(23)16-10-11-17(25-2)19(27-4)18(16)26-3/h5-11,24H,12-14H2,1-4H3,(H,22,23). The van der Waals surface area contributed by atoms with Gasteiger partial charge in [0.25, 0.3) is 5.91 Å². The van der Waals surface area contributed by atoms with Crippen LogP contribution < -0.4 is 19.5 Å². The minimum absolute atomic E-state index is 0.121. The van der Waals surface area contributed by atoms with Crippen LogP contribution in [-0.4, -0.2) is 44.5 Å². The molecule has 6 nitrogen and oxygen atoms in total. The van der Waals surface area contributed by atoms with Gasteiger partial charge in [0.05, 0.1) is 32.5 Å². The van der Waals surface area contributed by atoms with E-state index in [0.717, 1.165) is 12.0 Å². The first-order chi connectivity index (χ1) is 12.9. The zero-order valence-electron chi connectivity index (χ0n) is 16.2. The molecule has 27 heavy (non-hydrogen) atoms. The fourth-order valence-electron chi connectivity index (χ4n) is 2.79. The average Bonchev–Trinajstić information content (AvgIpc) is 2.70. The third-order valence-electron chi connectivity index (χ3n) is 4.37. The van der Waals surface area contributed by atoms with E-state index in [1.165, 1.54) is 21.3 Å². The molecule has 0 fully saturated rings. The summed E-state index contributed by atoms with van der Waals surface area (Å²) >= 11 is 0. The molecule has 0 aliphatic heterocycles. The fraction of sp³-hybridized carbons (Fsp3) is 0.381. The highest BCUT2D eigenvalue weighted by Crippen LogP contribution is 2.39. The molecule has 0 radical (unpaired) electrons. The van der Waals surface area contributed by atoms with Gasteiger partial charge in [0.2, 0.25) is 5.75 Å². The molecule has 6 heteroatoms. The lowest BCUT2D eigenvalue weighted by Gasteiger charge is -2.24. The molecule has 146 valence electrons. The van der Waals surface area contributed by atoms with Crippen LogP contribution in [0.5, 0.6) is 17.2 Å². The molecule has 2 N–H and O–H groups in total. The maximum absolute atomic E-state index is 12.6. The van der Waals surface area contributed by atoms with Gasteiger partial charge in [-0.05, 0) is 37.5 Å².